The molecule has 0 atom stereocenters. The Labute approximate surface area is 120 Å². The van der Waals surface area contributed by atoms with Gasteiger partial charge < -0.3 is 15.3 Å². The first-order chi connectivity index (χ1) is 9.59. The zero-order valence-corrected chi connectivity index (χ0v) is 12.2. The van der Waals surface area contributed by atoms with Gasteiger partial charge in [-0.1, -0.05) is 25.7 Å². The van der Waals surface area contributed by atoms with Gasteiger partial charge in [-0.3, -0.25) is 9.59 Å². The summed E-state index contributed by atoms with van der Waals surface area (Å²) in [5, 5.41) is 13.3. The van der Waals surface area contributed by atoms with E-state index in [1.54, 1.807) is 4.90 Å². The summed E-state index contributed by atoms with van der Waals surface area (Å²) in [7, 11) is 0. The molecule has 5 nitrogen and oxygen atoms in total. The second kappa shape index (κ2) is 7.07. The third-order valence-corrected chi connectivity index (χ3v) is 4.40. The Kier molecular flexibility index (Phi) is 5.40. The smallest absolute Gasteiger partial charge is 0.239 e. The number of carbonyl (C=O) groups is 2. The van der Waals surface area contributed by atoms with Crippen LogP contribution in [0.2, 0.25) is 0 Å². The van der Waals surface area contributed by atoms with E-state index in [0.29, 0.717) is 19.5 Å². The molecule has 2 N–H and O–H groups in total. The van der Waals surface area contributed by atoms with Gasteiger partial charge in [0.1, 0.15) is 0 Å². The predicted octanol–water partition coefficient (Wildman–Crippen LogP) is 1.20. The molecule has 1 aliphatic carbocycles. The van der Waals surface area contributed by atoms with Crippen LogP contribution >= 0.6 is 0 Å². The largest absolute Gasteiger partial charge is 0.388 e. The third kappa shape index (κ3) is 4.47. The minimum atomic E-state index is -0.752. The summed E-state index contributed by atoms with van der Waals surface area (Å²) < 4.78 is 0. The first-order valence-corrected chi connectivity index (χ1v) is 7.86. The van der Waals surface area contributed by atoms with Crippen LogP contribution in [0.3, 0.4) is 0 Å². The van der Waals surface area contributed by atoms with Gasteiger partial charge in [-0.2, -0.15) is 0 Å². The predicted molar refractivity (Wildman–Crippen MR) is 76.1 cm³/mol. The molecule has 1 saturated heterocycles. The van der Waals surface area contributed by atoms with Crippen LogP contribution < -0.4 is 5.32 Å². The van der Waals surface area contributed by atoms with Crippen molar-refractivity contribution in [2.24, 2.45) is 0 Å². The molecule has 114 valence electrons. The Hall–Kier alpha value is -1.10. The van der Waals surface area contributed by atoms with Crippen molar-refractivity contribution in [1.29, 1.82) is 0 Å². The first-order valence-electron chi connectivity index (χ1n) is 7.86. The quantitative estimate of drug-likeness (QED) is 0.761. The average molecular weight is 282 g/mol. The van der Waals surface area contributed by atoms with Gasteiger partial charge in [0.25, 0.3) is 0 Å². The molecule has 1 heterocycles. The Morgan fingerprint density at radius 2 is 1.85 bits per heavy atom. The summed E-state index contributed by atoms with van der Waals surface area (Å²) in [6.07, 6.45) is 8.35. The maximum atomic E-state index is 11.9. The van der Waals surface area contributed by atoms with E-state index >= 15 is 0 Å². The van der Waals surface area contributed by atoms with E-state index in [-0.39, 0.29) is 18.4 Å². The van der Waals surface area contributed by atoms with E-state index in [9.17, 15) is 14.7 Å². The molecule has 2 fully saturated rings. The molecule has 0 bridgehead atoms. The van der Waals surface area contributed by atoms with Crippen LogP contribution in [0.15, 0.2) is 0 Å². The number of rotatable bonds is 4. The molecule has 0 unspecified atom stereocenters. The molecule has 0 aromatic carbocycles. The highest BCUT2D eigenvalue weighted by Crippen LogP contribution is 2.26. The van der Waals surface area contributed by atoms with Gasteiger partial charge in [-0.05, 0) is 25.7 Å². The van der Waals surface area contributed by atoms with E-state index < -0.39 is 5.60 Å². The zero-order chi connectivity index (χ0) is 14.4. The van der Waals surface area contributed by atoms with Gasteiger partial charge in [-0.15, -0.1) is 0 Å². The number of amides is 2. The Balaban J connectivity index is 1.75. The van der Waals surface area contributed by atoms with Crippen LogP contribution in [-0.2, 0) is 9.59 Å². The normalized spacial score (nSPS) is 23.2. The topological polar surface area (TPSA) is 69.6 Å². The lowest BCUT2D eigenvalue weighted by Crippen LogP contribution is -2.47. The van der Waals surface area contributed by atoms with E-state index in [4.69, 9.17) is 0 Å². The summed E-state index contributed by atoms with van der Waals surface area (Å²) in [6.45, 7) is 1.12. The Bertz CT molecular complexity index is 349. The van der Waals surface area contributed by atoms with Crippen molar-refractivity contribution in [3.8, 4) is 0 Å². The highest BCUT2D eigenvalue weighted by molar-refractivity contribution is 5.85. The van der Waals surface area contributed by atoms with Gasteiger partial charge in [0.05, 0.1) is 12.1 Å². The number of hydrogen-bond donors (Lipinski definition) is 2. The van der Waals surface area contributed by atoms with Crippen LogP contribution in [0.1, 0.15) is 57.8 Å². The fraction of sp³-hybridized carbons (Fsp3) is 0.867. The lowest BCUT2D eigenvalue weighted by atomic mass is 9.94. The third-order valence-electron chi connectivity index (χ3n) is 4.40. The molecule has 2 aliphatic rings. The second-order valence-electron chi connectivity index (χ2n) is 6.19. The molecule has 0 aromatic heterocycles. The molecule has 2 rings (SSSR count). The Morgan fingerprint density at radius 1 is 1.15 bits per heavy atom. The van der Waals surface area contributed by atoms with Gasteiger partial charge >= 0.3 is 0 Å². The first kappa shape index (κ1) is 15.3. The van der Waals surface area contributed by atoms with Crippen LogP contribution in [0.4, 0.5) is 0 Å². The molecule has 20 heavy (non-hydrogen) atoms. The van der Waals surface area contributed by atoms with Crippen LogP contribution in [0, 0.1) is 0 Å². The maximum Gasteiger partial charge on any atom is 0.239 e. The van der Waals surface area contributed by atoms with E-state index in [0.717, 1.165) is 38.5 Å². The summed E-state index contributed by atoms with van der Waals surface area (Å²) >= 11 is 0. The highest BCUT2D eigenvalue weighted by Gasteiger charge is 2.29. The summed E-state index contributed by atoms with van der Waals surface area (Å²) in [5.41, 5.74) is -0.752. The number of hydrogen-bond acceptors (Lipinski definition) is 3. The molecule has 0 spiro atoms. The van der Waals surface area contributed by atoms with E-state index in [2.05, 4.69) is 5.32 Å². The summed E-state index contributed by atoms with van der Waals surface area (Å²) in [5.74, 6) is -0.0856. The SMILES string of the molecule is O=C(CN1CCCCC1=O)NCC1(O)CCCCCC1. The standard InChI is InChI=1S/C15H26N2O3/c18-13(11-17-10-6-3-7-14(17)19)16-12-15(20)8-4-1-2-5-9-15/h20H,1-12H2,(H,16,18). The average Bonchev–Trinajstić information content (AvgIpc) is 2.65. The van der Waals surface area contributed by atoms with Crippen molar-refractivity contribution in [1.82, 2.24) is 10.2 Å². The van der Waals surface area contributed by atoms with Gasteiger partial charge in [0.2, 0.25) is 11.8 Å². The number of carbonyl (C=O) groups excluding carboxylic acids is 2. The summed E-state index contributed by atoms with van der Waals surface area (Å²) in [4.78, 5) is 25.2. The molecule has 1 aliphatic heterocycles. The van der Waals surface area contributed by atoms with Crippen molar-refractivity contribution < 1.29 is 14.7 Å². The zero-order valence-electron chi connectivity index (χ0n) is 12.2. The molecule has 0 radical (unpaired) electrons. The molecule has 0 aromatic rings. The van der Waals surface area contributed by atoms with Crippen molar-refractivity contribution in [3.05, 3.63) is 0 Å². The van der Waals surface area contributed by atoms with E-state index in [1.165, 1.54) is 12.8 Å². The van der Waals surface area contributed by atoms with Crippen molar-refractivity contribution in [3.63, 3.8) is 0 Å². The lowest BCUT2D eigenvalue weighted by Gasteiger charge is -2.29. The number of nitrogens with zero attached hydrogens (tertiary/aromatic N) is 1. The molecule has 1 saturated carbocycles. The number of piperidine rings is 1. The molecular weight excluding hydrogens is 256 g/mol. The highest BCUT2D eigenvalue weighted by atomic mass is 16.3. The fourth-order valence-corrected chi connectivity index (χ4v) is 3.08. The van der Waals surface area contributed by atoms with Gasteiger partial charge in [0, 0.05) is 19.5 Å². The van der Waals surface area contributed by atoms with Crippen molar-refractivity contribution in [2.45, 2.75) is 63.4 Å². The van der Waals surface area contributed by atoms with Gasteiger partial charge in [0.15, 0.2) is 0 Å². The lowest BCUT2D eigenvalue weighted by molar-refractivity contribution is -0.138. The number of likely N-dealkylation sites (tertiary alicyclic amines) is 1. The minimum absolute atomic E-state index is 0.0691. The molecular formula is C15H26N2O3. The number of nitrogens with one attached hydrogen (secondary N) is 1. The van der Waals surface area contributed by atoms with Gasteiger partial charge in [-0.25, -0.2) is 0 Å². The summed E-state index contributed by atoms with van der Waals surface area (Å²) in [6, 6.07) is 0. The minimum Gasteiger partial charge on any atom is -0.388 e. The van der Waals surface area contributed by atoms with Crippen LogP contribution in [-0.4, -0.2) is 47.1 Å². The maximum absolute atomic E-state index is 11.9. The second-order valence-corrected chi connectivity index (χ2v) is 6.19. The van der Waals surface area contributed by atoms with Crippen molar-refractivity contribution in [2.75, 3.05) is 19.6 Å². The molecule has 2 amide bonds. The van der Waals surface area contributed by atoms with Crippen LogP contribution in [0.25, 0.3) is 0 Å². The Morgan fingerprint density at radius 3 is 2.50 bits per heavy atom. The van der Waals surface area contributed by atoms with E-state index in [1.807, 2.05) is 0 Å². The van der Waals surface area contributed by atoms with Crippen molar-refractivity contribution >= 4 is 11.8 Å². The molecule has 5 heteroatoms. The van der Waals surface area contributed by atoms with Crippen LogP contribution in [0.5, 0.6) is 0 Å². The number of aliphatic hydroxyl groups is 1. The fourth-order valence-electron chi connectivity index (χ4n) is 3.08. The monoisotopic (exact) mass is 282 g/mol.